The fraction of sp³-hybridized carbons (Fsp3) is 0.385. The van der Waals surface area contributed by atoms with Crippen LogP contribution in [-0.2, 0) is 9.59 Å². The third kappa shape index (κ3) is 3.76. The summed E-state index contributed by atoms with van der Waals surface area (Å²) in [5, 5.41) is 11.6. The van der Waals surface area contributed by atoms with Crippen LogP contribution in [0.4, 0.5) is 5.69 Å². The number of benzene rings is 1. The number of carboxylic acids is 1. The van der Waals surface area contributed by atoms with Crippen molar-refractivity contribution in [3.05, 3.63) is 24.3 Å². The molecule has 0 fully saturated rings. The van der Waals surface area contributed by atoms with Crippen molar-refractivity contribution in [3.8, 4) is 5.75 Å². The van der Waals surface area contributed by atoms with Crippen molar-refractivity contribution >= 4 is 17.6 Å². The zero-order valence-electron chi connectivity index (χ0n) is 10.7. The summed E-state index contributed by atoms with van der Waals surface area (Å²) < 4.78 is 5.34. The third-order valence-corrected chi connectivity index (χ3v) is 2.35. The van der Waals surface area contributed by atoms with E-state index < -0.39 is 11.6 Å². The topological polar surface area (TPSA) is 75.6 Å². The number of carbonyl (C=O) groups is 2. The highest BCUT2D eigenvalue weighted by atomic mass is 16.5. The number of hydrogen-bond acceptors (Lipinski definition) is 3. The summed E-state index contributed by atoms with van der Waals surface area (Å²) in [6.45, 7) is 4.71. The summed E-state index contributed by atoms with van der Waals surface area (Å²) in [5.74, 6) is -0.669. The third-order valence-electron chi connectivity index (χ3n) is 2.35. The van der Waals surface area contributed by atoms with Crippen LogP contribution in [0.1, 0.15) is 27.2 Å². The molecule has 98 valence electrons. The maximum atomic E-state index is 11.2. The highest BCUT2D eigenvalue weighted by Gasteiger charge is 2.29. The van der Waals surface area contributed by atoms with Gasteiger partial charge in [0.1, 0.15) is 5.75 Å². The molecule has 0 aromatic heterocycles. The highest BCUT2D eigenvalue weighted by molar-refractivity contribution is 5.90. The minimum absolute atomic E-state index is 0.0745. The molecule has 0 saturated carbocycles. The number of ether oxygens (including phenoxy) is 1. The second-order valence-electron chi connectivity index (χ2n) is 4.34. The van der Waals surface area contributed by atoms with Gasteiger partial charge in [0.05, 0.1) is 0 Å². The Labute approximate surface area is 106 Å². The predicted molar refractivity (Wildman–Crippen MR) is 67.7 cm³/mol. The van der Waals surface area contributed by atoms with Crippen molar-refractivity contribution < 1.29 is 19.4 Å². The second kappa shape index (κ2) is 5.53. The van der Waals surface area contributed by atoms with Gasteiger partial charge < -0.3 is 15.2 Å². The van der Waals surface area contributed by atoms with Crippen molar-refractivity contribution in [3.63, 3.8) is 0 Å². The maximum Gasteiger partial charge on any atom is 0.347 e. The van der Waals surface area contributed by atoms with Crippen LogP contribution in [-0.4, -0.2) is 22.6 Å². The fourth-order valence-electron chi connectivity index (χ4n) is 1.19. The largest absolute Gasteiger partial charge is 0.478 e. The van der Waals surface area contributed by atoms with Crippen molar-refractivity contribution in [2.75, 3.05) is 5.32 Å². The van der Waals surface area contributed by atoms with Gasteiger partial charge in [0, 0.05) is 12.1 Å². The molecular weight excluding hydrogens is 234 g/mol. The van der Waals surface area contributed by atoms with Crippen LogP contribution in [0.15, 0.2) is 24.3 Å². The molecule has 5 nitrogen and oxygen atoms in total. The number of anilines is 1. The van der Waals surface area contributed by atoms with Crippen molar-refractivity contribution in [2.45, 2.75) is 32.8 Å². The summed E-state index contributed by atoms with van der Waals surface area (Å²) in [7, 11) is 0. The molecule has 18 heavy (non-hydrogen) atoms. The standard InChI is InChI=1S/C13H17NO4/c1-4-11(15)14-9-5-7-10(8-6-9)18-13(2,3)12(16)17/h5-8H,4H2,1-3H3,(H,14,15)(H,16,17). The van der Waals surface area contributed by atoms with E-state index in [1.54, 1.807) is 31.2 Å². The van der Waals surface area contributed by atoms with E-state index in [9.17, 15) is 9.59 Å². The van der Waals surface area contributed by atoms with Gasteiger partial charge in [-0.15, -0.1) is 0 Å². The number of aliphatic carboxylic acids is 1. The molecule has 0 aliphatic heterocycles. The Kier molecular flexibility index (Phi) is 4.31. The van der Waals surface area contributed by atoms with E-state index in [2.05, 4.69) is 5.32 Å². The first kappa shape index (κ1) is 14.0. The Morgan fingerprint density at radius 1 is 1.28 bits per heavy atom. The molecule has 0 spiro atoms. The van der Waals surface area contributed by atoms with E-state index in [4.69, 9.17) is 9.84 Å². The van der Waals surface area contributed by atoms with Gasteiger partial charge in [-0.05, 0) is 38.1 Å². The van der Waals surface area contributed by atoms with Crippen LogP contribution in [0.25, 0.3) is 0 Å². The van der Waals surface area contributed by atoms with Crippen molar-refractivity contribution in [2.24, 2.45) is 0 Å². The lowest BCUT2D eigenvalue weighted by Gasteiger charge is -2.21. The first-order valence-corrected chi connectivity index (χ1v) is 5.67. The Balaban J connectivity index is 2.72. The number of nitrogens with one attached hydrogen (secondary N) is 1. The van der Waals surface area contributed by atoms with Gasteiger partial charge in [-0.1, -0.05) is 6.92 Å². The first-order chi connectivity index (χ1) is 8.35. The Bertz CT molecular complexity index is 437. The van der Waals surface area contributed by atoms with Crippen molar-refractivity contribution in [1.82, 2.24) is 0 Å². The van der Waals surface area contributed by atoms with E-state index in [0.29, 0.717) is 17.9 Å². The van der Waals surface area contributed by atoms with Gasteiger partial charge in [-0.2, -0.15) is 0 Å². The van der Waals surface area contributed by atoms with Gasteiger partial charge in [-0.25, -0.2) is 4.79 Å². The summed E-state index contributed by atoms with van der Waals surface area (Å²) in [6, 6.07) is 6.58. The predicted octanol–water partition coefficient (Wildman–Crippen LogP) is 2.28. The highest BCUT2D eigenvalue weighted by Crippen LogP contribution is 2.21. The zero-order valence-corrected chi connectivity index (χ0v) is 10.7. The molecule has 1 amide bonds. The van der Waals surface area contributed by atoms with Crippen LogP contribution in [0.5, 0.6) is 5.75 Å². The number of hydrogen-bond donors (Lipinski definition) is 2. The Morgan fingerprint density at radius 2 is 1.83 bits per heavy atom. The van der Waals surface area contributed by atoms with Crippen LogP contribution in [0.3, 0.4) is 0 Å². The lowest BCUT2D eigenvalue weighted by Crippen LogP contribution is -2.37. The quantitative estimate of drug-likeness (QED) is 0.841. The molecule has 0 radical (unpaired) electrons. The Hall–Kier alpha value is -2.04. The molecule has 0 aliphatic carbocycles. The lowest BCUT2D eigenvalue weighted by atomic mass is 10.1. The number of rotatable bonds is 5. The average Bonchev–Trinajstić information content (AvgIpc) is 2.31. The molecule has 0 unspecified atom stereocenters. The second-order valence-corrected chi connectivity index (χ2v) is 4.34. The minimum Gasteiger partial charge on any atom is -0.478 e. The maximum absolute atomic E-state index is 11.2. The molecule has 0 saturated heterocycles. The van der Waals surface area contributed by atoms with Crippen molar-refractivity contribution in [1.29, 1.82) is 0 Å². The van der Waals surface area contributed by atoms with E-state index in [0.717, 1.165) is 0 Å². The summed E-state index contributed by atoms with van der Waals surface area (Å²) >= 11 is 0. The molecule has 0 atom stereocenters. The van der Waals surface area contributed by atoms with Crippen LogP contribution >= 0.6 is 0 Å². The smallest absolute Gasteiger partial charge is 0.347 e. The van der Waals surface area contributed by atoms with Gasteiger partial charge in [0.25, 0.3) is 0 Å². The molecule has 0 heterocycles. The monoisotopic (exact) mass is 251 g/mol. The number of carbonyl (C=O) groups excluding carboxylic acids is 1. The molecule has 1 aromatic rings. The van der Waals surface area contributed by atoms with Gasteiger partial charge in [-0.3, -0.25) is 4.79 Å². The normalized spacial score (nSPS) is 10.8. The molecule has 5 heteroatoms. The van der Waals surface area contributed by atoms with Crippen LogP contribution in [0.2, 0.25) is 0 Å². The van der Waals surface area contributed by atoms with E-state index in [1.807, 2.05) is 0 Å². The lowest BCUT2D eigenvalue weighted by molar-refractivity contribution is -0.152. The summed E-state index contributed by atoms with van der Waals surface area (Å²) in [6.07, 6.45) is 0.407. The van der Waals surface area contributed by atoms with Crippen LogP contribution < -0.4 is 10.1 Å². The molecule has 1 rings (SSSR count). The van der Waals surface area contributed by atoms with Gasteiger partial charge >= 0.3 is 5.97 Å². The molecule has 1 aromatic carbocycles. The average molecular weight is 251 g/mol. The van der Waals surface area contributed by atoms with Gasteiger partial charge in [0.2, 0.25) is 5.91 Å². The number of carboxylic acid groups (broad SMARTS) is 1. The summed E-state index contributed by atoms with van der Waals surface area (Å²) in [5.41, 5.74) is -0.629. The SMILES string of the molecule is CCC(=O)Nc1ccc(OC(C)(C)C(=O)O)cc1. The minimum atomic E-state index is -1.28. The zero-order chi connectivity index (χ0) is 13.8. The molecule has 0 bridgehead atoms. The Morgan fingerprint density at radius 3 is 2.28 bits per heavy atom. The molecule has 0 aliphatic rings. The van der Waals surface area contributed by atoms with E-state index in [-0.39, 0.29) is 5.91 Å². The number of amides is 1. The molecular formula is C13H17NO4. The summed E-state index contributed by atoms with van der Waals surface area (Å²) in [4.78, 5) is 22.1. The van der Waals surface area contributed by atoms with Crippen LogP contribution in [0, 0.1) is 0 Å². The van der Waals surface area contributed by atoms with E-state index in [1.165, 1.54) is 13.8 Å². The fourth-order valence-corrected chi connectivity index (χ4v) is 1.19. The van der Waals surface area contributed by atoms with Gasteiger partial charge in [0.15, 0.2) is 5.60 Å². The first-order valence-electron chi connectivity index (χ1n) is 5.67. The molecule has 2 N–H and O–H groups in total. The van der Waals surface area contributed by atoms with E-state index >= 15 is 0 Å².